The SMILES string of the molecule is CCN(CC)CCN1C(=O)C(=O)/C(=C(/O)c2cc(C(C)C)c(OC)cc2C)C1c1ccccn1. The Morgan fingerprint density at radius 3 is 2.47 bits per heavy atom. The van der Waals surface area contributed by atoms with E-state index in [4.69, 9.17) is 4.74 Å². The number of Topliss-reactive ketones (excluding diaryl/α,β-unsaturated/α-hetero) is 1. The van der Waals surface area contributed by atoms with Gasteiger partial charge in [0.2, 0.25) is 0 Å². The fourth-order valence-corrected chi connectivity index (χ4v) is 4.47. The van der Waals surface area contributed by atoms with Crippen LogP contribution in [0.3, 0.4) is 0 Å². The highest BCUT2D eigenvalue weighted by Gasteiger charge is 2.46. The first-order chi connectivity index (χ1) is 16.2. The molecule has 1 amide bonds. The van der Waals surface area contributed by atoms with Crippen LogP contribution in [0.25, 0.3) is 5.76 Å². The molecule has 7 heteroatoms. The van der Waals surface area contributed by atoms with Crippen molar-refractivity contribution in [2.75, 3.05) is 33.3 Å². The van der Waals surface area contributed by atoms with E-state index in [9.17, 15) is 14.7 Å². The molecular weight excluding hydrogens is 430 g/mol. The molecule has 2 heterocycles. The number of hydrogen-bond acceptors (Lipinski definition) is 6. The molecule has 1 N–H and O–H groups in total. The summed E-state index contributed by atoms with van der Waals surface area (Å²) in [6.07, 6.45) is 1.63. The van der Waals surface area contributed by atoms with E-state index >= 15 is 0 Å². The Morgan fingerprint density at radius 1 is 1.21 bits per heavy atom. The van der Waals surface area contributed by atoms with E-state index in [1.54, 1.807) is 25.4 Å². The zero-order chi connectivity index (χ0) is 25.0. The van der Waals surface area contributed by atoms with E-state index in [0.717, 1.165) is 30.0 Å². The second kappa shape index (κ2) is 10.8. The Labute approximate surface area is 202 Å². The van der Waals surface area contributed by atoms with Gasteiger partial charge >= 0.3 is 0 Å². The highest BCUT2D eigenvalue weighted by molar-refractivity contribution is 6.46. The number of methoxy groups -OCH3 is 1. The van der Waals surface area contributed by atoms with Gasteiger partial charge in [0, 0.05) is 24.8 Å². The first kappa shape index (κ1) is 25.4. The van der Waals surface area contributed by atoms with E-state index in [-0.39, 0.29) is 17.3 Å². The summed E-state index contributed by atoms with van der Waals surface area (Å²) < 4.78 is 5.53. The van der Waals surface area contributed by atoms with Crippen molar-refractivity contribution >= 4 is 17.4 Å². The molecule has 0 saturated carbocycles. The summed E-state index contributed by atoms with van der Waals surface area (Å²) >= 11 is 0. The minimum atomic E-state index is -0.749. The normalized spacial score (nSPS) is 17.8. The molecule has 1 aliphatic rings. The lowest BCUT2D eigenvalue weighted by Crippen LogP contribution is -2.38. The van der Waals surface area contributed by atoms with Gasteiger partial charge in [-0.25, -0.2) is 0 Å². The Balaban J connectivity index is 2.17. The summed E-state index contributed by atoms with van der Waals surface area (Å²) in [4.78, 5) is 34.6. The monoisotopic (exact) mass is 465 g/mol. The molecule has 1 saturated heterocycles. The number of ketones is 1. The van der Waals surface area contributed by atoms with Gasteiger partial charge < -0.3 is 19.6 Å². The van der Waals surface area contributed by atoms with E-state index < -0.39 is 17.7 Å². The summed E-state index contributed by atoms with van der Waals surface area (Å²) in [6, 6.07) is 8.36. The molecule has 0 radical (unpaired) electrons. The summed E-state index contributed by atoms with van der Waals surface area (Å²) in [5, 5.41) is 11.5. The number of rotatable bonds is 9. The molecule has 1 aromatic heterocycles. The van der Waals surface area contributed by atoms with Gasteiger partial charge in [0.25, 0.3) is 11.7 Å². The number of benzene rings is 1. The third-order valence-corrected chi connectivity index (χ3v) is 6.51. The van der Waals surface area contributed by atoms with Crippen LogP contribution in [0.4, 0.5) is 0 Å². The average molecular weight is 466 g/mol. The van der Waals surface area contributed by atoms with Crippen molar-refractivity contribution in [2.45, 2.75) is 46.6 Å². The molecule has 0 spiro atoms. The molecule has 3 rings (SSSR count). The van der Waals surface area contributed by atoms with Crippen LogP contribution in [0.1, 0.15) is 62.0 Å². The fraction of sp³-hybridized carbons (Fsp3) is 0.444. The number of nitrogens with zero attached hydrogens (tertiary/aromatic N) is 3. The highest BCUT2D eigenvalue weighted by atomic mass is 16.5. The van der Waals surface area contributed by atoms with Gasteiger partial charge in [-0.3, -0.25) is 14.6 Å². The molecule has 7 nitrogen and oxygen atoms in total. The molecule has 1 aromatic carbocycles. The summed E-state index contributed by atoms with van der Waals surface area (Å²) in [6.45, 7) is 12.7. The Hall–Kier alpha value is -3.19. The number of ether oxygens (including phenoxy) is 1. The third kappa shape index (κ3) is 4.85. The van der Waals surface area contributed by atoms with Crippen molar-refractivity contribution in [1.82, 2.24) is 14.8 Å². The van der Waals surface area contributed by atoms with Crippen molar-refractivity contribution in [3.63, 3.8) is 0 Å². The maximum atomic E-state index is 13.3. The van der Waals surface area contributed by atoms with E-state index in [0.29, 0.717) is 24.3 Å². The number of pyridine rings is 1. The molecule has 34 heavy (non-hydrogen) atoms. The van der Waals surface area contributed by atoms with E-state index in [1.165, 1.54) is 4.90 Å². The van der Waals surface area contributed by atoms with Crippen LogP contribution >= 0.6 is 0 Å². The Morgan fingerprint density at radius 2 is 1.91 bits per heavy atom. The lowest BCUT2D eigenvalue weighted by molar-refractivity contribution is -0.140. The van der Waals surface area contributed by atoms with E-state index in [2.05, 4.69) is 23.7 Å². The molecule has 0 bridgehead atoms. The van der Waals surface area contributed by atoms with Crippen molar-refractivity contribution in [3.05, 3.63) is 64.5 Å². The van der Waals surface area contributed by atoms with Crippen molar-refractivity contribution in [1.29, 1.82) is 0 Å². The second-order valence-electron chi connectivity index (χ2n) is 8.84. The zero-order valence-electron chi connectivity index (χ0n) is 21.0. The Bertz CT molecular complexity index is 1070. The summed E-state index contributed by atoms with van der Waals surface area (Å²) in [7, 11) is 1.61. The molecule has 1 fully saturated rings. The van der Waals surface area contributed by atoms with Crippen LogP contribution in [-0.2, 0) is 9.59 Å². The molecule has 0 aliphatic carbocycles. The maximum Gasteiger partial charge on any atom is 0.295 e. The number of carbonyl (C=O) groups is 2. The third-order valence-electron chi connectivity index (χ3n) is 6.51. The summed E-state index contributed by atoms with van der Waals surface area (Å²) in [5.41, 5.74) is 2.82. The van der Waals surface area contributed by atoms with Crippen LogP contribution in [0.2, 0.25) is 0 Å². The van der Waals surface area contributed by atoms with Gasteiger partial charge in [-0.1, -0.05) is 33.8 Å². The molecular formula is C27H35N3O4. The average Bonchev–Trinajstić information content (AvgIpc) is 3.09. The van der Waals surface area contributed by atoms with Crippen LogP contribution in [0.5, 0.6) is 5.75 Å². The number of likely N-dealkylation sites (tertiary alicyclic amines) is 1. The van der Waals surface area contributed by atoms with Gasteiger partial charge in [0.1, 0.15) is 17.6 Å². The van der Waals surface area contributed by atoms with Crippen LogP contribution in [0.15, 0.2) is 42.1 Å². The van der Waals surface area contributed by atoms with Crippen molar-refractivity contribution < 1.29 is 19.4 Å². The number of carbonyl (C=O) groups excluding carboxylic acids is 2. The number of aliphatic hydroxyl groups excluding tert-OH is 1. The van der Waals surface area contributed by atoms with E-state index in [1.807, 2.05) is 39.0 Å². The molecule has 2 aromatic rings. The minimum absolute atomic E-state index is 0.0752. The van der Waals surface area contributed by atoms with Gasteiger partial charge in [0.15, 0.2) is 0 Å². The molecule has 1 aliphatic heterocycles. The zero-order valence-corrected chi connectivity index (χ0v) is 21.0. The van der Waals surface area contributed by atoms with Crippen molar-refractivity contribution in [3.8, 4) is 5.75 Å². The van der Waals surface area contributed by atoms with Crippen LogP contribution in [-0.4, -0.2) is 64.9 Å². The number of aryl methyl sites for hydroxylation is 1. The lowest BCUT2D eigenvalue weighted by atomic mass is 9.92. The van der Waals surface area contributed by atoms with Gasteiger partial charge in [-0.15, -0.1) is 0 Å². The second-order valence-corrected chi connectivity index (χ2v) is 8.84. The quantitative estimate of drug-likeness (QED) is 0.338. The van der Waals surface area contributed by atoms with Crippen molar-refractivity contribution in [2.24, 2.45) is 0 Å². The highest BCUT2D eigenvalue weighted by Crippen LogP contribution is 2.40. The largest absolute Gasteiger partial charge is 0.507 e. The number of hydrogen-bond donors (Lipinski definition) is 1. The topological polar surface area (TPSA) is 83.0 Å². The van der Waals surface area contributed by atoms with Gasteiger partial charge in [-0.05, 0) is 61.3 Å². The Kier molecular flexibility index (Phi) is 8.10. The number of amides is 1. The predicted molar refractivity (Wildman–Crippen MR) is 133 cm³/mol. The van der Waals surface area contributed by atoms with Gasteiger partial charge in [0.05, 0.1) is 18.4 Å². The first-order valence-corrected chi connectivity index (χ1v) is 11.9. The smallest absolute Gasteiger partial charge is 0.295 e. The lowest BCUT2D eigenvalue weighted by Gasteiger charge is -2.27. The number of aromatic nitrogens is 1. The predicted octanol–water partition coefficient (Wildman–Crippen LogP) is 4.29. The standard InChI is InChI=1S/C27H35N3O4/c1-7-29(8-2)13-14-30-24(21-11-9-10-12-28-21)23(26(32)27(30)33)25(31)20-16-19(17(3)4)22(34-6)15-18(20)5/h9-12,15-17,24,31H,7-8,13-14H2,1-6H3/b25-23+. The van der Waals surface area contributed by atoms with Crippen LogP contribution < -0.4 is 4.74 Å². The minimum Gasteiger partial charge on any atom is -0.507 e. The number of likely N-dealkylation sites (N-methyl/N-ethyl adjacent to an activating group) is 1. The van der Waals surface area contributed by atoms with Gasteiger partial charge in [-0.2, -0.15) is 0 Å². The first-order valence-electron chi connectivity index (χ1n) is 11.9. The number of aliphatic hydroxyl groups is 1. The summed E-state index contributed by atoms with van der Waals surface area (Å²) in [5.74, 6) is -0.606. The fourth-order valence-electron chi connectivity index (χ4n) is 4.47. The molecule has 1 atom stereocenters. The van der Waals surface area contributed by atoms with Crippen LogP contribution in [0, 0.1) is 6.92 Å². The maximum absolute atomic E-state index is 13.3. The molecule has 1 unspecified atom stereocenters. The molecule has 182 valence electrons.